The molecule has 35 heavy (non-hydrogen) atoms. The zero-order valence-corrected chi connectivity index (χ0v) is 20.4. The summed E-state index contributed by atoms with van der Waals surface area (Å²) in [5.41, 5.74) is 9.94. The van der Waals surface area contributed by atoms with E-state index in [0.29, 0.717) is 17.4 Å². The van der Waals surface area contributed by atoms with Gasteiger partial charge in [-0.3, -0.25) is 0 Å². The number of likely N-dealkylation sites (N-methyl/N-ethyl adjacent to an activating group) is 1. The molecule has 1 fully saturated rings. The SMILES string of the molecule is COc1cc(N(C)CCN2CCCCC2)c(N)cc1Nc1nccc(-n2ccc3ccccc32)n1. The van der Waals surface area contributed by atoms with Gasteiger partial charge in [-0.25, -0.2) is 4.98 Å². The van der Waals surface area contributed by atoms with Gasteiger partial charge in [-0.1, -0.05) is 24.6 Å². The molecule has 1 saturated heterocycles. The lowest BCUT2D eigenvalue weighted by molar-refractivity contribution is 0.234. The van der Waals surface area contributed by atoms with E-state index in [1.165, 1.54) is 32.4 Å². The van der Waals surface area contributed by atoms with Crippen molar-refractivity contribution < 1.29 is 4.74 Å². The number of methoxy groups -OCH3 is 1. The van der Waals surface area contributed by atoms with Crippen molar-refractivity contribution in [2.45, 2.75) is 19.3 Å². The topological polar surface area (TPSA) is 84.5 Å². The summed E-state index contributed by atoms with van der Waals surface area (Å²) in [5.74, 6) is 1.95. The zero-order valence-electron chi connectivity index (χ0n) is 20.4. The maximum atomic E-state index is 6.48. The average molecular weight is 472 g/mol. The fourth-order valence-corrected chi connectivity index (χ4v) is 4.72. The molecular formula is C27H33N7O. The minimum absolute atomic E-state index is 0.476. The molecule has 3 heterocycles. The summed E-state index contributed by atoms with van der Waals surface area (Å²) in [6.07, 6.45) is 7.70. The third kappa shape index (κ3) is 5.02. The molecule has 4 aromatic rings. The van der Waals surface area contributed by atoms with Crippen LogP contribution in [0, 0.1) is 0 Å². The van der Waals surface area contributed by atoms with E-state index in [1.807, 2.05) is 41.1 Å². The third-order valence-corrected chi connectivity index (χ3v) is 6.69. The number of nitrogen functional groups attached to an aromatic ring is 1. The number of hydrogen-bond acceptors (Lipinski definition) is 7. The molecule has 5 rings (SSSR count). The van der Waals surface area contributed by atoms with Crippen LogP contribution < -0.4 is 20.7 Å². The molecule has 182 valence electrons. The molecule has 0 amide bonds. The van der Waals surface area contributed by atoms with Crippen molar-refractivity contribution in [1.82, 2.24) is 19.4 Å². The number of nitrogens with zero attached hydrogens (tertiary/aromatic N) is 5. The zero-order chi connectivity index (χ0) is 24.2. The van der Waals surface area contributed by atoms with E-state index in [4.69, 9.17) is 15.5 Å². The van der Waals surface area contributed by atoms with Crippen LogP contribution in [0.3, 0.4) is 0 Å². The van der Waals surface area contributed by atoms with Gasteiger partial charge >= 0.3 is 0 Å². The van der Waals surface area contributed by atoms with Gasteiger partial charge in [-0.2, -0.15) is 4.98 Å². The Hall–Kier alpha value is -3.78. The molecule has 0 bridgehead atoms. The quantitative estimate of drug-likeness (QED) is 0.361. The standard InChI is InChI=1S/C27H33N7O/c1-32(16-17-33-13-6-3-7-14-33)24-19-25(35-2)22(18-21(24)28)30-27-29-12-10-26(31-27)34-15-11-20-8-4-5-9-23(20)34/h4-5,8-12,15,18-19H,3,6-7,13-14,16-17,28H2,1-2H3,(H,29,30,31). The van der Waals surface area contributed by atoms with Crippen molar-refractivity contribution in [1.29, 1.82) is 0 Å². The number of nitrogens with two attached hydrogens (primary N) is 1. The highest BCUT2D eigenvalue weighted by Gasteiger charge is 2.16. The molecule has 0 atom stereocenters. The highest BCUT2D eigenvalue weighted by Crippen LogP contribution is 2.36. The maximum Gasteiger partial charge on any atom is 0.229 e. The molecule has 0 unspecified atom stereocenters. The number of para-hydroxylation sites is 1. The van der Waals surface area contributed by atoms with Gasteiger partial charge in [0.25, 0.3) is 0 Å². The molecule has 2 aromatic heterocycles. The molecular weight excluding hydrogens is 438 g/mol. The number of hydrogen-bond donors (Lipinski definition) is 2. The highest BCUT2D eigenvalue weighted by molar-refractivity contribution is 5.82. The van der Waals surface area contributed by atoms with Gasteiger partial charge in [0.15, 0.2) is 0 Å². The molecule has 1 aliphatic heterocycles. The Labute approximate surface area is 206 Å². The smallest absolute Gasteiger partial charge is 0.229 e. The minimum Gasteiger partial charge on any atom is -0.494 e. The molecule has 0 radical (unpaired) electrons. The summed E-state index contributed by atoms with van der Waals surface area (Å²) >= 11 is 0. The van der Waals surface area contributed by atoms with E-state index < -0.39 is 0 Å². The Bertz CT molecular complexity index is 1300. The van der Waals surface area contributed by atoms with Crippen molar-refractivity contribution in [3.05, 3.63) is 60.9 Å². The molecule has 0 saturated carbocycles. The van der Waals surface area contributed by atoms with Gasteiger partial charge in [0.2, 0.25) is 5.95 Å². The Morgan fingerprint density at radius 1 is 1.09 bits per heavy atom. The second-order valence-corrected chi connectivity index (χ2v) is 9.04. The Kier molecular flexibility index (Phi) is 6.72. The number of rotatable bonds is 8. The van der Waals surface area contributed by atoms with Crippen molar-refractivity contribution in [2.24, 2.45) is 0 Å². The van der Waals surface area contributed by atoms with Gasteiger partial charge in [0, 0.05) is 38.6 Å². The molecule has 3 N–H and O–H groups in total. The van der Waals surface area contributed by atoms with Crippen LogP contribution >= 0.6 is 0 Å². The summed E-state index contributed by atoms with van der Waals surface area (Å²) in [4.78, 5) is 13.9. The number of anilines is 4. The van der Waals surface area contributed by atoms with E-state index in [2.05, 4.69) is 45.3 Å². The molecule has 2 aromatic carbocycles. The predicted molar refractivity (Wildman–Crippen MR) is 143 cm³/mol. The molecule has 0 aliphatic carbocycles. The summed E-state index contributed by atoms with van der Waals surface area (Å²) in [6.45, 7) is 4.32. The number of piperidine rings is 1. The van der Waals surface area contributed by atoms with E-state index >= 15 is 0 Å². The first-order valence-electron chi connectivity index (χ1n) is 12.2. The third-order valence-electron chi connectivity index (χ3n) is 6.69. The van der Waals surface area contributed by atoms with Gasteiger partial charge in [0.05, 0.1) is 29.7 Å². The molecule has 8 nitrogen and oxygen atoms in total. The Balaban J connectivity index is 1.35. The van der Waals surface area contributed by atoms with Crippen LogP contribution in [0.5, 0.6) is 5.75 Å². The lowest BCUT2D eigenvalue weighted by Crippen LogP contribution is -2.36. The molecule has 0 spiro atoms. The van der Waals surface area contributed by atoms with Crippen LogP contribution in [0.25, 0.3) is 16.7 Å². The first kappa shape index (κ1) is 23.0. The first-order valence-corrected chi connectivity index (χ1v) is 12.2. The van der Waals surface area contributed by atoms with E-state index in [9.17, 15) is 0 Å². The second-order valence-electron chi connectivity index (χ2n) is 9.04. The van der Waals surface area contributed by atoms with Crippen molar-refractivity contribution >= 4 is 33.9 Å². The lowest BCUT2D eigenvalue weighted by atomic mass is 10.1. The monoisotopic (exact) mass is 471 g/mol. The summed E-state index contributed by atoms with van der Waals surface area (Å²) in [5, 5.41) is 4.46. The van der Waals surface area contributed by atoms with E-state index in [-0.39, 0.29) is 0 Å². The van der Waals surface area contributed by atoms with E-state index in [1.54, 1.807) is 13.3 Å². The Morgan fingerprint density at radius 2 is 1.91 bits per heavy atom. The number of ether oxygens (including phenoxy) is 1. The summed E-state index contributed by atoms with van der Waals surface area (Å²) < 4.78 is 7.75. The van der Waals surface area contributed by atoms with Crippen LogP contribution in [0.1, 0.15) is 19.3 Å². The number of benzene rings is 2. The number of nitrogens with one attached hydrogen (secondary N) is 1. The molecule has 8 heteroatoms. The summed E-state index contributed by atoms with van der Waals surface area (Å²) in [6, 6.07) is 16.1. The van der Waals surface area contributed by atoms with Crippen LogP contribution in [-0.2, 0) is 0 Å². The normalized spacial score (nSPS) is 14.2. The van der Waals surface area contributed by atoms with Crippen molar-refractivity contribution in [3.63, 3.8) is 0 Å². The lowest BCUT2D eigenvalue weighted by Gasteiger charge is -2.30. The minimum atomic E-state index is 0.476. The first-order chi connectivity index (χ1) is 17.1. The highest BCUT2D eigenvalue weighted by atomic mass is 16.5. The van der Waals surface area contributed by atoms with Gasteiger partial charge < -0.3 is 30.2 Å². The van der Waals surface area contributed by atoms with Crippen LogP contribution in [0.4, 0.5) is 23.0 Å². The summed E-state index contributed by atoms with van der Waals surface area (Å²) in [7, 11) is 3.74. The number of likely N-dealkylation sites (tertiary alicyclic amines) is 1. The van der Waals surface area contributed by atoms with Crippen LogP contribution in [0.2, 0.25) is 0 Å². The maximum absolute atomic E-state index is 6.48. The molecule has 1 aliphatic rings. The second kappa shape index (κ2) is 10.2. The van der Waals surface area contributed by atoms with Crippen molar-refractivity contribution in [2.75, 3.05) is 56.3 Å². The van der Waals surface area contributed by atoms with Crippen LogP contribution in [0.15, 0.2) is 60.9 Å². The number of aromatic nitrogens is 3. The average Bonchev–Trinajstić information content (AvgIpc) is 3.32. The van der Waals surface area contributed by atoms with Crippen molar-refractivity contribution in [3.8, 4) is 11.6 Å². The van der Waals surface area contributed by atoms with Gasteiger partial charge in [-0.15, -0.1) is 0 Å². The van der Waals surface area contributed by atoms with Gasteiger partial charge in [0.1, 0.15) is 11.6 Å². The van der Waals surface area contributed by atoms with Gasteiger partial charge in [-0.05, 0) is 55.6 Å². The largest absolute Gasteiger partial charge is 0.494 e. The van der Waals surface area contributed by atoms with E-state index in [0.717, 1.165) is 41.2 Å². The fraction of sp³-hybridized carbons (Fsp3) is 0.333. The predicted octanol–water partition coefficient (Wildman–Crippen LogP) is 4.68. The fourth-order valence-electron chi connectivity index (χ4n) is 4.72. The van der Waals surface area contributed by atoms with Crippen LogP contribution in [-0.4, -0.2) is 59.8 Å². The number of fused-ring (bicyclic) bond motifs is 1. The Morgan fingerprint density at radius 3 is 2.74 bits per heavy atom.